The number of rotatable bonds is 4. The van der Waals surface area contributed by atoms with Gasteiger partial charge in [0.2, 0.25) is 5.91 Å². The van der Waals surface area contributed by atoms with Gasteiger partial charge in [0, 0.05) is 18.5 Å². The quantitative estimate of drug-likeness (QED) is 0.735. The van der Waals surface area contributed by atoms with Gasteiger partial charge < -0.3 is 19.5 Å². The summed E-state index contributed by atoms with van der Waals surface area (Å²) >= 11 is 0. The molecule has 29 heavy (non-hydrogen) atoms. The molecule has 1 N–H and O–H groups in total. The highest BCUT2D eigenvalue weighted by atomic mass is 16.5. The molecule has 0 spiro atoms. The molecule has 2 heterocycles. The molecule has 1 aliphatic rings. The van der Waals surface area contributed by atoms with Crippen molar-refractivity contribution in [3.05, 3.63) is 59.8 Å². The first-order chi connectivity index (χ1) is 14.0. The summed E-state index contributed by atoms with van der Waals surface area (Å²) in [6.07, 6.45) is 0.0142. The average molecular weight is 393 g/mol. The summed E-state index contributed by atoms with van der Waals surface area (Å²) < 4.78 is 11.0. The number of ether oxygens (including phenoxy) is 1. The zero-order chi connectivity index (χ0) is 20.4. The second-order valence-corrected chi connectivity index (χ2v) is 7.36. The number of anilines is 1. The van der Waals surface area contributed by atoms with E-state index < -0.39 is 0 Å². The monoisotopic (exact) mass is 393 g/mol. The first kappa shape index (κ1) is 19.1. The number of carbonyl (C=O) groups is 2. The van der Waals surface area contributed by atoms with E-state index in [2.05, 4.69) is 10.5 Å². The SMILES string of the molecule is C[C@H]1CN(C(=O)c2ccccc2NC(=O)Cc2noc3ccccc23)C[C@H](C)O1. The van der Waals surface area contributed by atoms with Crippen molar-refractivity contribution in [3.63, 3.8) is 0 Å². The highest BCUT2D eigenvalue weighted by molar-refractivity contribution is 6.04. The largest absolute Gasteiger partial charge is 0.372 e. The van der Waals surface area contributed by atoms with Gasteiger partial charge in [-0.05, 0) is 38.1 Å². The molecule has 2 amide bonds. The van der Waals surface area contributed by atoms with Crippen LogP contribution in [-0.2, 0) is 16.0 Å². The van der Waals surface area contributed by atoms with Crippen LogP contribution in [0.2, 0.25) is 0 Å². The summed E-state index contributed by atoms with van der Waals surface area (Å²) in [5.41, 5.74) is 2.16. The lowest BCUT2D eigenvalue weighted by atomic mass is 10.1. The minimum absolute atomic E-state index is 0.0232. The minimum atomic E-state index is -0.256. The predicted octanol–water partition coefficient (Wildman–Crippen LogP) is 3.26. The number of nitrogens with one attached hydrogen (secondary N) is 1. The third kappa shape index (κ3) is 4.14. The normalized spacial score (nSPS) is 19.3. The Labute approximate surface area is 168 Å². The number of benzene rings is 2. The van der Waals surface area contributed by atoms with E-state index in [1.807, 2.05) is 38.1 Å². The predicted molar refractivity (Wildman–Crippen MR) is 109 cm³/mol. The van der Waals surface area contributed by atoms with Gasteiger partial charge in [-0.3, -0.25) is 9.59 Å². The number of nitrogens with zero attached hydrogens (tertiary/aromatic N) is 2. The molecule has 3 aromatic rings. The molecule has 4 rings (SSSR count). The standard InChI is InChI=1S/C22H23N3O4/c1-14-12-25(13-15(2)28-14)22(27)17-8-3-5-9-18(17)23-21(26)11-19-16-7-4-6-10-20(16)29-24-19/h3-10,14-15H,11-13H2,1-2H3,(H,23,26)/t14-,15-/m0/s1. The Balaban J connectivity index is 1.51. The smallest absolute Gasteiger partial charge is 0.256 e. The second kappa shape index (κ2) is 8.05. The van der Waals surface area contributed by atoms with Gasteiger partial charge in [-0.1, -0.05) is 29.4 Å². The fraction of sp³-hybridized carbons (Fsp3) is 0.318. The Kier molecular flexibility index (Phi) is 5.31. The van der Waals surface area contributed by atoms with Gasteiger partial charge in [-0.2, -0.15) is 0 Å². The maximum atomic E-state index is 13.1. The first-order valence-corrected chi connectivity index (χ1v) is 9.68. The molecule has 2 atom stereocenters. The van der Waals surface area contributed by atoms with E-state index in [0.717, 1.165) is 5.39 Å². The van der Waals surface area contributed by atoms with Crippen molar-refractivity contribution in [2.75, 3.05) is 18.4 Å². The van der Waals surface area contributed by atoms with Crippen LogP contribution < -0.4 is 5.32 Å². The maximum absolute atomic E-state index is 13.1. The van der Waals surface area contributed by atoms with Crippen LogP contribution in [0.5, 0.6) is 0 Å². The van der Waals surface area contributed by atoms with E-state index >= 15 is 0 Å². The summed E-state index contributed by atoms with van der Waals surface area (Å²) in [4.78, 5) is 27.5. The lowest BCUT2D eigenvalue weighted by molar-refractivity contribution is -0.115. The summed E-state index contributed by atoms with van der Waals surface area (Å²) in [6, 6.07) is 14.5. The zero-order valence-electron chi connectivity index (χ0n) is 16.4. The third-order valence-electron chi connectivity index (χ3n) is 4.92. The fourth-order valence-electron chi connectivity index (χ4n) is 3.70. The Morgan fingerprint density at radius 3 is 2.55 bits per heavy atom. The van der Waals surface area contributed by atoms with E-state index in [1.54, 1.807) is 29.2 Å². The molecule has 1 aliphatic heterocycles. The molecule has 7 nitrogen and oxygen atoms in total. The van der Waals surface area contributed by atoms with E-state index in [1.165, 1.54) is 0 Å². The van der Waals surface area contributed by atoms with Gasteiger partial charge in [0.25, 0.3) is 5.91 Å². The average Bonchev–Trinajstić information content (AvgIpc) is 3.10. The van der Waals surface area contributed by atoms with E-state index in [0.29, 0.717) is 35.6 Å². The van der Waals surface area contributed by atoms with Crippen molar-refractivity contribution in [2.24, 2.45) is 0 Å². The number of amides is 2. The summed E-state index contributed by atoms with van der Waals surface area (Å²) in [6.45, 7) is 4.95. The van der Waals surface area contributed by atoms with Crippen LogP contribution in [0.3, 0.4) is 0 Å². The van der Waals surface area contributed by atoms with Gasteiger partial charge in [0.1, 0.15) is 5.69 Å². The van der Waals surface area contributed by atoms with Crippen molar-refractivity contribution in [1.29, 1.82) is 0 Å². The van der Waals surface area contributed by atoms with Gasteiger partial charge >= 0.3 is 0 Å². The van der Waals surface area contributed by atoms with Crippen LogP contribution in [0.25, 0.3) is 11.0 Å². The van der Waals surface area contributed by atoms with Crippen molar-refractivity contribution < 1.29 is 18.8 Å². The molecule has 0 bridgehead atoms. The Hall–Kier alpha value is -3.19. The van der Waals surface area contributed by atoms with Crippen LogP contribution in [0, 0.1) is 0 Å². The molecule has 0 radical (unpaired) electrons. The molecular weight excluding hydrogens is 370 g/mol. The molecule has 150 valence electrons. The Bertz CT molecular complexity index is 1040. The number of aromatic nitrogens is 1. The van der Waals surface area contributed by atoms with Crippen LogP contribution in [-0.4, -0.2) is 47.2 Å². The second-order valence-electron chi connectivity index (χ2n) is 7.36. The van der Waals surface area contributed by atoms with E-state index in [9.17, 15) is 9.59 Å². The van der Waals surface area contributed by atoms with Gasteiger partial charge in [0.05, 0.1) is 29.9 Å². The highest BCUT2D eigenvalue weighted by Gasteiger charge is 2.28. The van der Waals surface area contributed by atoms with Gasteiger partial charge in [-0.25, -0.2) is 0 Å². The van der Waals surface area contributed by atoms with Gasteiger partial charge in [-0.15, -0.1) is 0 Å². The number of fused-ring (bicyclic) bond motifs is 1. The minimum Gasteiger partial charge on any atom is -0.372 e. The molecule has 1 aromatic heterocycles. The van der Waals surface area contributed by atoms with Crippen LogP contribution in [0.1, 0.15) is 29.9 Å². The zero-order valence-corrected chi connectivity index (χ0v) is 16.4. The van der Waals surface area contributed by atoms with Crippen LogP contribution >= 0.6 is 0 Å². The number of morpholine rings is 1. The third-order valence-corrected chi connectivity index (χ3v) is 4.92. The highest BCUT2D eigenvalue weighted by Crippen LogP contribution is 2.22. The van der Waals surface area contributed by atoms with Crippen molar-refractivity contribution in [1.82, 2.24) is 10.1 Å². The van der Waals surface area contributed by atoms with Crippen LogP contribution in [0.15, 0.2) is 53.1 Å². The molecule has 7 heteroatoms. The van der Waals surface area contributed by atoms with E-state index in [-0.39, 0.29) is 30.4 Å². The number of hydrogen-bond acceptors (Lipinski definition) is 5. The van der Waals surface area contributed by atoms with Crippen molar-refractivity contribution in [3.8, 4) is 0 Å². The van der Waals surface area contributed by atoms with Crippen LogP contribution in [0.4, 0.5) is 5.69 Å². The lowest BCUT2D eigenvalue weighted by Gasteiger charge is -2.35. The number of hydrogen-bond donors (Lipinski definition) is 1. The summed E-state index contributed by atoms with van der Waals surface area (Å²) in [7, 11) is 0. The molecular formula is C22H23N3O4. The lowest BCUT2D eigenvalue weighted by Crippen LogP contribution is -2.48. The fourth-order valence-corrected chi connectivity index (χ4v) is 3.70. The summed E-state index contributed by atoms with van der Waals surface area (Å²) in [5.74, 6) is -0.372. The molecule has 0 saturated carbocycles. The first-order valence-electron chi connectivity index (χ1n) is 9.68. The Morgan fingerprint density at radius 2 is 1.76 bits per heavy atom. The number of para-hydroxylation sites is 2. The molecule has 1 saturated heterocycles. The van der Waals surface area contributed by atoms with Gasteiger partial charge in [0.15, 0.2) is 5.58 Å². The maximum Gasteiger partial charge on any atom is 0.256 e. The van der Waals surface area contributed by atoms with Crippen molar-refractivity contribution >= 4 is 28.5 Å². The summed E-state index contributed by atoms with van der Waals surface area (Å²) in [5, 5.41) is 7.66. The van der Waals surface area contributed by atoms with E-state index in [4.69, 9.17) is 9.26 Å². The number of carbonyl (C=O) groups excluding carboxylic acids is 2. The molecule has 1 fully saturated rings. The molecule has 2 aromatic carbocycles. The molecule has 0 unspecified atom stereocenters. The van der Waals surface area contributed by atoms with Crippen molar-refractivity contribution in [2.45, 2.75) is 32.5 Å². The Morgan fingerprint density at radius 1 is 1.07 bits per heavy atom. The molecule has 0 aliphatic carbocycles. The topological polar surface area (TPSA) is 84.7 Å².